The largest absolute Gasteiger partial charge is 0.229 e. The van der Waals surface area contributed by atoms with E-state index in [2.05, 4.69) is 24.8 Å². The van der Waals surface area contributed by atoms with E-state index in [-0.39, 0.29) is 7.30 Å². The van der Waals surface area contributed by atoms with Gasteiger partial charge in [-0.1, -0.05) is 35.0 Å². The predicted octanol–water partition coefficient (Wildman–Crippen LogP) is 3.25. The molecule has 90 valence electrons. The van der Waals surface area contributed by atoms with Gasteiger partial charge in [0.1, 0.15) is 0 Å². The van der Waals surface area contributed by atoms with Crippen LogP contribution in [0.1, 0.15) is 26.2 Å². The van der Waals surface area contributed by atoms with Gasteiger partial charge in [0.15, 0.2) is 9.84 Å². The fourth-order valence-electron chi connectivity index (χ4n) is 2.05. The maximum absolute atomic E-state index is 11.6. The quantitative estimate of drug-likeness (QED) is 0.731. The second kappa shape index (κ2) is 6.56. The Balaban J connectivity index is 2.65. The summed E-state index contributed by atoms with van der Waals surface area (Å²) in [6.07, 6.45) is 3.44. The van der Waals surface area contributed by atoms with Crippen molar-refractivity contribution in [2.75, 3.05) is 11.5 Å². The van der Waals surface area contributed by atoms with Crippen molar-refractivity contribution in [2.45, 2.75) is 31.8 Å². The minimum atomic E-state index is -2.73. The van der Waals surface area contributed by atoms with E-state index < -0.39 is 9.84 Å². The summed E-state index contributed by atoms with van der Waals surface area (Å²) >= 11 is 0. The maximum atomic E-state index is 11.6. The SMILES string of the molecule is CCCC[C@H]1CS(=O)(=O)C[C@H]1P(P)PP. The summed E-state index contributed by atoms with van der Waals surface area (Å²) in [6.45, 7) is 2.17. The first-order chi connectivity index (χ1) is 7.00. The predicted molar refractivity (Wildman–Crippen MR) is 80.1 cm³/mol. The normalized spacial score (nSPS) is 32.5. The second-order valence-corrected chi connectivity index (χ2v) is 15.8. The van der Waals surface area contributed by atoms with Crippen LogP contribution in [0.2, 0.25) is 0 Å². The molecule has 0 aromatic carbocycles. The van der Waals surface area contributed by atoms with Crippen molar-refractivity contribution in [3.05, 3.63) is 0 Å². The molecule has 0 aromatic heterocycles. The standard InChI is InChI=1S/C8H20O2P4S/c1-2-3-4-7-5-15(9,10)6-8(7)14(12)13-11/h7-8,13H,2-6,11-12H2,1H3/t7-,8+,14?/m0/s1. The van der Waals surface area contributed by atoms with Gasteiger partial charge in [0.25, 0.3) is 0 Å². The van der Waals surface area contributed by atoms with Crippen LogP contribution in [0, 0.1) is 5.92 Å². The van der Waals surface area contributed by atoms with Crippen LogP contribution in [0.15, 0.2) is 0 Å². The first kappa shape index (κ1) is 14.7. The lowest BCUT2D eigenvalue weighted by Gasteiger charge is -2.23. The van der Waals surface area contributed by atoms with Gasteiger partial charge in [-0.25, -0.2) is 8.42 Å². The lowest BCUT2D eigenvalue weighted by atomic mass is 10.0. The highest BCUT2D eigenvalue weighted by Gasteiger charge is 2.39. The van der Waals surface area contributed by atoms with Gasteiger partial charge in [0.05, 0.1) is 11.5 Å². The second-order valence-electron chi connectivity index (χ2n) is 4.08. The van der Waals surface area contributed by atoms with Gasteiger partial charge in [-0.3, -0.25) is 0 Å². The summed E-state index contributed by atoms with van der Waals surface area (Å²) in [5, 5.41) is 0. The summed E-state index contributed by atoms with van der Waals surface area (Å²) in [5.41, 5.74) is 0.442. The molecular formula is C8H20O2P4S. The van der Waals surface area contributed by atoms with Crippen molar-refractivity contribution in [3.63, 3.8) is 0 Å². The van der Waals surface area contributed by atoms with Gasteiger partial charge in [-0.15, -0.1) is 17.9 Å². The zero-order valence-electron chi connectivity index (χ0n) is 9.02. The number of hydrogen-bond acceptors (Lipinski definition) is 2. The molecule has 1 rings (SSSR count). The summed E-state index contributed by atoms with van der Waals surface area (Å²) in [5.74, 6) is 1.32. The molecule has 1 aliphatic heterocycles. The van der Waals surface area contributed by atoms with E-state index in [9.17, 15) is 8.42 Å². The Hall–Kier alpha value is 1.67. The van der Waals surface area contributed by atoms with Crippen molar-refractivity contribution in [3.8, 4) is 0 Å². The fourth-order valence-corrected chi connectivity index (χ4v) is 11.5. The molecule has 7 heteroatoms. The van der Waals surface area contributed by atoms with Gasteiger partial charge in [-0.05, 0) is 12.3 Å². The van der Waals surface area contributed by atoms with E-state index in [0.29, 0.717) is 23.1 Å². The molecule has 0 N–H and O–H groups in total. The van der Waals surface area contributed by atoms with Crippen LogP contribution in [0.25, 0.3) is 0 Å². The first-order valence-corrected chi connectivity index (χ1v) is 13.7. The van der Waals surface area contributed by atoms with Gasteiger partial charge in [0.2, 0.25) is 0 Å². The average Bonchev–Trinajstić information content (AvgIpc) is 2.49. The molecule has 0 saturated carbocycles. The smallest absolute Gasteiger partial charge is 0.151 e. The Labute approximate surface area is 101 Å². The van der Waals surface area contributed by atoms with Gasteiger partial charge >= 0.3 is 0 Å². The highest BCUT2D eigenvalue weighted by atomic mass is 32.6. The molecule has 15 heavy (non-hydrogen) atoms. The summed E-state index contributed by atoms with van der Waals surface area (Å²) in [4.78, 5) is 0. The molecule has 0 radical (unpaired) electrons. The zero-order valence-corrected chi connectivity index (χ0v) is 14.0. The Morgan fingerprint density at radius 3 is 2.67 bits per heavy atom. The van der Waals surface area contributed by atoms with E-state index in [1.54, 1.807) is 0 Å². The Kier molecular flexibility index (Phi) is 6.44. The molecule has 0 amide bonds. The molecule has 6 atom stereocenters. The van der Waals surface area contributed by atoms with Crippen molar-refractivity contribution in [1.82, 2.24) is 0 Å². The summed E-state index contributed by atoms with van der Waals surface area (Å²) in [7, 11) is 3.58. The molecule has 0 spiro atoms. The molecular weight excluding hydrogens is 284 g/mol. The van der Waals surface area contributed by atoms with Crippen LogP contribution >= 0.6 is 33.1 Å². The van der Waals surface area contributed by atoms with Crippen LogP contribution in [0.3, 0.4) is 0 Å². The molecule has 0 aliphatic carbocycles. The van der Waals surface area contributed by atoms with Crippen LogP contribution in [0.5, 0.6) is 0 Å². The number of hydrogen-bond donors (Lipinski definition) is 0. The minimum Gasteiger partial charge on any atom is -0.229 e. The number of unbranched alkanes of at least 4 members (excludes halogenated alkanes) is 1. The molecule has 1 aliphatic rings. The van der Waals surface area contributed by atoms with Crippen molar-refractivity contribution in [2.24, 2.45) is 5.92 Å². The number of sulfone groups is 1. The zero-order chi connectivity index (χ0) is 11.5. The molecule has 1 heterocycles. The van der Waals surface area contributed by atoms with Gasteiger partial charge in [0, 0.05) is 5.66 Å². The first-order valence-electron chi connectivity index (χ1n) is 5.20. The van der Waals surface area contributed by atoms with Crippen LogP contribution in [-0.4, -0.2) is 25.6 Å². The van der Waals surface area contributed by atoms with Crippen LogP contribution < -0.4 is 0 Å². The Morgan fingerprint density at radius 1 is 1.47 bits per heavy atom. The third-order valence-electron chi connectivity index (χ3n) is 2.87. The van der Waals surface area contributed by atoms with Crippen molar-refractivity contribution >= 4 is 43.0 Å². The van der Waals surface area contributed by atoms with Crippen molar-refractivity contribution in [1.29, 1.82) is 0 Å². The minimum absolute atomic E-state index is 0.166. The summed E-state index contributed by atoms with van der Waals surface area (Å²) < 4.78 is 23.3. The monoisotopic (exact) mass is 304 g/mol. The van der Waals surface area contributed by atoms with E-state index in [0.717, 1.165) is 14.4 Å². The highest BCUT2D eigenvalue weighted by molar-refractivity contribution is 8.61. The molecule has 4 unspecified atom stereocenters. The van der Waals surface area contributed by atoms with E-state index in [1.807, 2.05) is 0 Å². The topological polar surface area (TPSA) is 34.1 Å². The van der Waals surface area contributed by atoms with E-state index in [4.69, 9.17) is 0 Å². The van der Waals surface area contributed by atoms with Crippen molar-refractivity contribution < 1.29 is 8.42 Å². The van der Waals surface area contributed by atoms with E-state index >= 15 is 0 Å². The molecule has 0 bridgehead atoms. The van der Waals surface area contributed by atoms with Crippen LogP contribution in [-0.2, 0) is 9.84 Å². The average molecular weight is 304 g/mol. The highest BCUT2D eigenvalue weighted by Crippen LogP contribution is 2.71. The Morgan fingerprint density at radius 2 is 2.13 bits per heavy atom. The number of rotatable bonds is 5. The molecule has 2 nitrogen and oxygen atoms in total. The molecule has 1 fully saturated rings. The fraction of sp³-hybridized carbons (Fsp3) is 1.00. The van der Waals surface area contributed by atoms with E-state index in [1.165, 1.54) is 12.8 Å². The molecule has 0 aromatic rings. The molecule has 1 saturated heterocycles. The van der Waals surface area contributed by atoms with Gasteiger partial charge < -0.3 is 0 Å². The lowest BCUT2D eigenvalue weighted by Crippen LogP contribution is -2.13. The third-order valence-corrected chi connectivity index (χ3v) is 16.3. The van der Waals surface area contributed by atoms with Gasteiger partial charge in [-0.2, -0.15) is 0 Å². The van der Waals surface area contributed by atoms with Crippen LogP contribution in [0.4, 0.5) is 0 Å². The maximum Gasteiger partial charge on any atom is 0.151 e. The summed E-state index contributed by atoms with van der Waals surface area (Å²) in [6, 6.07) is 0. The Bertz CT molecular complexity index is 293. The third kappa shape index (κ3) is 4.44. The lowest BCUT2D eigenvalue weighted by molar-refractivity contribution is 0.522.